The minimum absolute atomic E-state index is 0.0480. The molecule has 0 radical (unpaired) electrons. The van der Waals surface area contributed by atoms with Gasteiger partial charge in [0.15, 0.2) is 5.65 Å². The second-order valence-electron chi connectivity index (χ2n) is 6.45. The molecule has 0 N–H and O–H groups in total. The zero-order valence-electron chi connectivity index (χ0n) is 14.3. The second kappa shape index (κ2) is 6.63. The van der Waals surface area contributed by atoms with Crippen LogP contribution in [0.5, 0.6) is 0 Å². The maximum Gasteiger partial charge on any atom is 0.255 e. The highest BCUT2D eigenvalue weighted by molar-refractivity contribution is 5.94. The highest BCUT2D eigenvalue weighted by atomic mass is 16.2. The molecule has 0 saturated carbocycles. The summed E-state index contributed by atoms with van der Waals surface area (Å²) in [6, 6.07) is 7.54. The van der Waals surface area contributed by atoms with Gasteiger partial charge in [0.2, 0.25) is 0 Å². The van der Waals surface area contributed by atoms with E-state index in [1.54, 1.807) is 18.5 Å². The quantitative estimate of drug-likeness (QED) is 0.735. The highest BCUT2D eigenvalue weighted by Gasteiger charge is 2.31. The lowest BCUT2D eigenvalue weighted by atomic mass is 10.1. The summed E-state index contributed by atoms with van der Waals surface area (Å²) in [5.41, 5.74) is 2.52. The molecule has 0 spiro atoms. The molecule has 128 valence electrons. The average molecular weight is 335 g/mol. The van der Waals surface area contributed by atoms with Gasteiger partial charge in [0.05, 0.1) is 5.56 Å². The van der Waals surface area contributed by atoms with Crippen LogP contribution < -0.4 is 0 Å². The van der Waals surface area contributed by atoms with Gasteiger partial charge < -0.3 is 9.47 Å². The van der Waals surface area contributed by atoms with Gasteiger partial charge in [-0.2, -0.15) is 0 Å². The monoisotopic (exact) mass is 335 g/mol. The van der Waals surface area contributed by atoms with Crippen molar-refractivity contribution in [3.8, 4) is 0 Å². The van der Waals surface area contributed by atoms with E-state index in [9.17, 15) is 4.79 Å². The van der Waals surface area contributed by atoms with Crippen LogP contribution in [0.4, 0.5) is 0 Å². The molecule has 1 amide bonds. The number of hydrogen-bond donors (Lipinski definition) is 0. The summed E-state index contributed by atoms with van der Waals surface area (Å²) in [7, 11) is 0. The molecule has 6 nitrogen and oxygen atoms in total. The van der Waals surface area contributed by atoms with Crippen LogP contribution in [0.3, 0.4) is 0 Å². The Morgan fingerprint density at radius 3 is 2.96 bits per heavy atom. The van der Waals surface area contributed by atoms with Gasteiger partial charge in [-0.15, -0.1) is 0 Å². The number of rotatable bonds is 4. The molecule has 4 heterocycles. The Bertz CT molecular complexity index is 889. The summed E-state index contributed by atoms with van der Waals surface area (Å²) in [6.45, 7) is 4.50. The highest BCUT2D eigenvalue weighted by Crippen LogP contribution is 2.30. The molecule has 1 aliphatic heterocycles. The number of likely N-dealkylation sites (tertiary alicyclic amines) is 1. The van der Waals surface area contributed by atoms with E-state index in [0.717, 1.165) is 42.9 Å². The number of hydrogen-bond acceptors (Lipinski definition) is 4. The first kappa shape index (κ1) is 15.7. The predicted octanol–water partition coefficient (Wildman–Crippen LogP) is 2.87. The van der Waals surface area contributed by atoms with Crippen molar-refractivity contribution in [3.63, 3.8) is 0 Å². The fourth-order valence-electron chi connectivity index (χ4n) is 3.56. The number of pyridine rings is 2. The standard InChI is InChI=1S/C19H21N5O/c1-2-10-24-17(22-16-6-4-9-21-18(16)24)15-7-11-23(13-15)19(25)14-5-3-8-20-12-14/h3-6,8-9,12,15H,2,7,10-11,13H2,1H3/t15-/m1/s1. The third-order valence-corrected chi connectivity index (χ3v) is 4.73. The summed E-state index contributed by atoms with van der Waals surface area (Å²) in [6.07, 6.45) is 7.08. The van der Waals surface area contributed by atoms with Crippen LogP contribution in [0.2, 0.25) is 0 Å². The molecule has 1 atom stereocenters. The zero-order valence-corrected chi connectivity index (χ0v) is 14.3. The number of fused-ring (bicyclic) bond motifs is 1. The van der Waals surface area contributed by atoms with E-state index in [0.29, 0.717) is 12.1 Å². The molecule has 0 aromatic carbocycles. The first-order valence-corrected chi connectivity index (χ1v) is 8.78. The number of imidazole rings is 1. The molecule has 25 heavy (non-hydrogen) atoms. The third-order valence-electron chi connectivity index (χ3n) is 4.73. The Labute approximate surface area is 146 Å². The zero-order chi connectivity index (χ0) is 17.2. The molecular weight excluding hydrogens is 314 g/mol. The van der Waals surface area contributed by atoms with E-state index in [1.165, 1.54) is 0 Å². The lowest BCUT2D eigenvalue weighted by molar-refractivity contribution is 0.0790. The molecule has 6 heteroatoms. The minimum Gasteiger partial charge on any atom is -0.338 e. The van der Waals surface area contributed by atoms with Crippen LogP contribution in [-0.2, 0) is 6.54 Å². The Hall–Kier alpha value is -2.76. The summed E-state index contributed by atoms with van der Waals surface area (Å²) < 4.78 is 2.22. The smallest absolute Gasteiger partial charge is 0.255 e. The van der Waals surface area contributed by atoms with Crippen LogP contribution in [0.15, 0.2) is 42.9 Å². The number of nitrogens with zero attached hydrogens (tertiary/aromatic N) is 5. The number of amides is 1. The van der Waals surface area contributed by atoms with Crippen LogP contribution in [0.25, 0.3) is 11.2 Å². The van der Waals surface area contributed by atoms with Gasteiger partial charge in [-0.1, -0.05) is 6.92 Å². The van der Waals surface area contributed by atoms with Crippen LogP contribution in [0.1, 0.15) is 41.9 Å². The molecule has 3 aromatic heterocycles. The van der Waals surface area contributed by atoms with E-state index in [1.807, 2.05) is 29.3 Å². The van der Waals surface area contributed by atoms with Crippen molar-refractivity contribution in [1.29, 1.82) is 0 Å². The van der Waals surface area contributed by atoms with Gasteiger partial charge in [-0.05, 0) is 37.1 Å². The SMILES string of the molecule is CCCn1c([C@@H]2CCN(C(=O)c3cccnc3)C2)nc2cccnc21. The van der Waals surface area contributed by atoms with Crippen LogP contribution in [-0.4, -0.2) is 43.4 Å². The van der Waals surface area contributed by atoms with Crippen molar-refractivity contribution in [2.24, 2.45) is 0 Å². The molecule has 1 saturated heterocycles. The van der Waals surface area contributed by atoms with Crippen molar-refractivity contribution >= 4 is 17.1 Å². The Kier molecular flexibility index (Phi) is 4.17. The van der Waals surface area contributed by atoms with Crippen molar-refractivity contribution in [1.82, 2.24) is 24.4 Å². The van der Waals surface area contributed by atoms with E-state index in [-0.39, 0.29) is 11.8 Å². The van der Waals surface area contributed by atoms with Gasteiger partial charge in [0, 0.05) is 44.1 Å². The van der Waals surface area contributed by atoms with E-state index < -0.39 is 0 Å². The van der Waals surface area contributed by atoms with Crippen LogP contribution in [0, 0.1) is 0 Å². The molecule has 0 aliphatic carbocycles. The minimum atomic E-state index is 0.0480. The first-order chi connectivity index (χ1) is 12.3. The van der Waals surface area contributed by atoms with Gasteiger partial charge in [0.1, 0.15) is 11.3 Å². The van der Waals surface area contributed by atoms with Gasteiger partial charge in [-0.25, -0.2) is 9.97 Å². The van der Waals surface area contributed by atoms with E-state index in [2.05, 4.69) is 21.5 Å². The number of aryl methyl sites for hydroxylation is 1. The lowest BCUT2D eigenvalue weighted by Crippen LogP contribution is -2.28. The van der Waals surface area contributed by atoms with Gasteiger partial charge in [0.25, 0.3) is 5.91 Å². The lowest BCUT2D eigenvalue weighted by Gasteiger charge is -2.17. The molecule has 1 aliphatic rings. The van der Waals surface area contributed by atoms with Crippen molar-refractivity contribution in [2.75, 3.05) is 13.1 Å². The largest absolute Gasteiger partial charge is 0.338 e. The molecular formula is C19H21N5O. The summed E-state index contributed by atoms with van der Waals surface area (Å²) in [5.74, 6) is 1.35. The molecule has 1 fully saturated rings. The maximum absolute atomic E-state index is 12.7. The predicted molar refractivity (Wildman–Crippen MR) is 95.3 cm³/mol. The molecule has 4 rings (SSSR count). The fraction of sp³-hybridized carbons (Fsp3) is 0.368. The number of carbonyl (C=O) groups excluding carboxylic acids is 1. The van der Waals surface area contributed by atoms with Crippen LogP contribution >= 0.6 is 0 Å². The van der Waals surface area contributed by atoms with Crippen molar-refractivity contribution in [3.05, 3.63) is 54.2 Å². The normalized spacial score (nSPS) is 17.3. The second-order valence-corrected chi connectivity index (χ2v) is 6.45. The summed E-state index contributed by atoms with van der Waals surface area (Å²) in [5, 5.41) is 0. The molecule has 0 bridgehead atoms. The van der Waals surface area contributed by atoms with Crippen molar-refractivity contribution in [2.45, 2.75) is 32.2 Å². The topological polar surface area (TPSA) is 63.9 Å². The summed E-state index contributed by atoms with van der Waals surface area (Å²) in [4.78, 5) is 27.9. The first-order valence-electron chi connectivity index (χ1n) is 8.78. The third kappa shape index (κ3) is 2.88. The Morgan fingerprint density at radius 2 is 2.16 bits per heavy atom. The van der Waals surface area contributed by atoms with Crippen molar-refractivity contribution < 1.29 is 4.79 Å². The molecule has 0 unspecified atom stereocenters. The Morgan fingerprint density at radius 1 is 1.28 bits per heavy atom. The fourth-order valence-corrected chi connectivity index (χ4v) is 3.56. The number of aromatic nitrogens is 4. The Balaban J connectivity index is 1.60. The van der Waals surface area contributed by atoms with E-state index in [4.69, 9.17) is 4.98 Å². The molecule has 3 aromatic rings. The average Bonchev–Trinajstić information content (AvgIpc) is 3.27. The van der Waals surface area contributed by atoms with E-state index >= 15 is 0 Å². The maximum atomic E-state index is 12.7. The van der Waals surface area contributed by atoms with Gasteiger partial charge in [-0.3, -0.25) is 9.78 Å². The summed E-state index contributed by atoms with van der Waals surface area (Å²) >= 11 is 0. The number of carbonyl (C=O) groups is 1. The van der Waals surface area contributed by atoms with Gasteiger partial charge >= 0.3 is 0 Å².